The number of hydrogen-bond acceptors (Lipinski definition) is 6. The minimum Gasteiger partial charge on any atom is -0.378 e. The molecule has 1 amide bonds. The molecule has 188 valence electrons. The molecule has 8 nitrogen and oxygen atoms in total. The van der Waals surface area contributed by atoms with Gasteiger partial charge in [-0.1, -0.05) is 18.2 Å². The zero-order valence-electron chi connectivity index (χ0n) is 19.1. The lowest BCUT2D eigenvalue weighted by molar-refractivity contribution is -0.384. The second-order valence-corrected chi connectivity index (χ2v) is 8.78. The molecule has 11 heteroatoms. The number of hydrogen-bond donors (Lipinski definition) is 1. The van der Waals surface area contributed by atoms with Crippen LogP contribution in [0.4, 0.5) is 24.5 Å². The number of likely N-dealkylation sites (tertiary alicyclic amines) is 1. The number of piperidine rings is 1. The van der Waals surface area contributed by atoms with E-state index in [4.69, 9.17) is 4.74 Å². The van der Waals surface area contributed by atoms with Crippen LogP contribution in [0.1, 0.15) is 34.3 Å². The van der Waals surface area contributed by atoms with Gasteiger partial charge in [0.2, 0.25) is 0 Å². The Morgan fingerprint density at radius 1 is 1.09 bits per heavy atom. The Labute approximate surface area is 200 Å². The van der Waals surface area contributed by atoms with E-state index in [0.717, 1.165) is 6.07 Å². The van der Waals surface area contributed by atoms with E-state index in [1.165, 1.54) is 24.3 Å². The summed E-state index contributed by atoms with van der Waals surface area (Å²) in [5.41, 5.74) is 0.674. The van der Waals surface area contributed by atoms with Crippen LogP contribution in [-0.4, -0.2) is 61.2 Å². The highest BCUT2D eigenvalue weighted by Crippen LogP contribution is 2.30. The maximum absolute atomic E-state index is 13.1. The molecular weight excluding hydrogens is 465 g/mol. The molecule has 2 heterocycles. The first-order valence-corrected chi connectivity index (χ1v) is 11.5. The number of nitro benzene ring substituents is 1. The standard InChI is InChI=1S/C24H27F3N4O4/c25-24(26,27)18-3-1-2-17(14-18)16-29-8-6-19(7-9-29)28-23(32)21-15-20(31(33)34)4-5-22(21)30-10-12-35-13-11-30/h1-5,14-15,19H,6-13,16H2,(H,28,32). The Morgan fingerprint density at radius 2 is 1.80 bits per heavy atom. The monoisotopic (exact) mass is 492 g/mol. The molecular formula is C24H27F3N4O4. The fraction of sp³-hybridized carbons (Fsp3) is 0.458. The second kappa shape index (κ2) is 10.6. The number of rotatable bonds is 6. The van der Waals surface area contributed by atoms with E-state index in [1.54, 1.807) is 12.1 Å². The lowest BCUT2D eigenvalue weighted by Crippen LogP contribution is -2.45. The van der Waals surface area contributed by atoms with E-state index in [-0.39, 0.29) is 23.2 Å². The van der Waals surface area contributed by atoms with E-state index in [9.17, 15) is 28.1 Å². The lowest BCUT2D eigenvalue weighted by Gasteiger charge is -2.33. The van der Waals surface area contributed by atoms with Gasteiger partial charge in [0.15, 0.2) is 0 Å². The fourth-order valence-corrected chi connectivity index (χ4v) is 4.50. The highest BCUT2D eigenvalue weighted by molar-refractivity contribution is 6.00. The summed E-state index contributed by atoms with van der Waals surface area (Å²) in [6.07, 6.45) is -3.11. The van der Waals surface area contributed by atoms with E-state index >= 15 is 0 Å². The van der Waals surface area contributed by atoms with Crippen molar-refractivity contribution in [3.8, 4) is 0 Å². The highest BCUT2D eigenvalue weighted by Gasteiger charge is 2.31. The molecule has 35 heavy (non-hydrogen) atoms. The molecule has 2 aromatic carbocycles. The van der Waals surface area contributed by atoms with Crippen molar-refractivity contribution in [2.45, 2.75) is 31.6 Å². The number of anilines is 1. The van der Waals surface area contributed by atoms with Crippen molar-refractivity contribution in [3.05, 3.63) is 69.3 Å². The molecule has 0 saturated carbocycles. The third kappa shape index (κ3) is 6.29. The quantitative estimate of drug-likeness (QED) is 0.487. The number of carbonyl (C=O) groups excluding carboxylic acids is 1. The summed E-state index contributed by atoms with van der Waals surface area (Å²) in [7, 11) is 0. The van der Waals surface area contributed by atoms with E-state index in [2.05, 4.69) is 10.2 Å². The summed E-state index contributed by atoms with van der Waals surface area (Å²) in [5.74, 6) is -0.369. The highest BCUT2D eigenvalue weighted by atomic mass is 19.4. The molecule has 2 aliphatic rings. The Balaban J connectivity index is 1.38. The molecule has 0 radical (unpaired) electrons. The third-order valence-electron chi connectivity index (χ3n) is 6.37. The molecule has 0 unspecified atom stereocenters. The van der Waals surface area contributed by atoms with Crippen molar-refractivity contribution < 1.29 is 27.6 Å². The van der Waals surface area contributed by atoms with Gasteiger partial charge in [0.05, 0.1) is 35.0 Å². The topological polar surface area (TPSA) is 88.0 Å². The van der Waals surface area contributed by atoms with Crippen LogP contribution in [0.3, 0.4) is 0 Å². The Morgan fingerprint density at radius 3 is 2.46 bits per heavy atom. The van der Waals surface area contributed by atoms with Gasteiger partial charge in [0.25, 0.3) is 11.6 Å². The first-order valence-electron chi connectivity index (χ1n) is 11.5. The van der Waals surface area contributed by atoms with Gasteiger partial charge >= 0.3 is 6.18 Å². The fourth-order valence-electron chi connectivity index (χ4n) is 4.50. The maximum Gasteiger partial charge on any atom is 0.416 e. The molecule has 2 saturated heterocycles. The van der Waals surface area contributed by atoms with Crippen LogP contribution in [-0.2, 0) is 17.5 Å². The summed E-state index contributed by atoms with van der Waals surface area (Å²) in [5, 5.41) is 14.3. The van der Waals surface area contributed by atoms with Gasteiger partial charge in [-0.05, 0) is 30.5 Å². The number of halogens is 3. The SMILES string of the molecule is O=C(NC1CCN(Cc2cccc(C(F)(F)F)c2)CC1)c1cc([N+](=O)[O-])ccc1N1CCOCC1. The number of non-ortho nitro benzene ring substituents is 1. The molecule has 0 aliphatic carbocycles. The molecule has 2 fully saturated rings. The van der Waals surface area contributed by atoms with E-state index < -0.39 is 16.7 Å². The lowest BCUT2D eigenvalue weighted by atomic mass is 10.0. The molecule has 4 rings (SSSR count). The number of nitrogens with zero attached hydrogens (tertiary/aromatic N) is 3. The molecule has 0 aromatic heterocycles. The largest absolute Gasteiger partial charge is 0.416 e. The van der Waals surface area contributed by atoms with Gasteiger partial charge < -0.3 is 15.0 Å². The number of benzene rings is 2. The molecule has 0 bridgehead atoms. The first-order chi connectivity index (χ1) is 16.7. The van der Waals surface area contributed by atoms with Crippen LogP contribution in [0.25, 0.3) is 0 Å². The smallest absolute Gasteiger partial charge is 0.378 e. The van der Waals surface area contributed by atoms with Gasteiger partial charge in [-0.15, -0.1) is 0 Å². The van der Waals surface area contributed by atoms with Crippen molar-refractivity contribution >= 4 is 17.3 Å². The average Bonchev–Trinajstić information content (AvgIpc) is 2.85. The molecule has 0 spiro atoms. The van der Waals surface area contributed by atoms with Crippen molar-refractivity contribution in [1.82, 2.24) is 10.2 Å². The van der Waals surface area contributed by atoms with E-state index in [1.807, 2.05) is 4.90 Å². The Hall–Kier alpha value is -3.18. The van der Waals surface area contributed by atoms with Crippen LogP contribution in [0.15, 0.2) is 42.5 Å². The van der Waals surface area contributed by atoms with Gasteiger partial charge in [-0.2, -0.15) is 13.2 Å². The van der Waals surface area contributed by atoms with Gasteiger partial charge in [-0.3, -0.25) is 19.8 Å². The van der Waals surface area contributed by atoms with Crippen molar-refractivity contribution in [2.24, 2.45) is 0 Å². The molecule has 1 N–H and O–H groups in total. The zero-order chi connectivity index (χ0) is 25.0. The second-order valence-electron chi connectivity index (χ2n) is 8.78. The predicted octanol–water partition coefficient (Wildman–Crippen LogP) is 3.84. The number of morpholine rings is 1. The zero-order valence-corrected chi connectivity index (χ0v) is 19.1. The number of carbonyl (C=O) groups is 1. The summed E-state index contributed by atoms with van der Waals surface area (Å²) in [4.78, 5) is 28.0. The van der Waals surface area contributed by atoms with Crippen LogP contribution < -0.4 is 10.2 Å². The summed E-state index contributed by atoms with van der Waals surface area (Å²) >= 11 is 0. The van der Waals surface area contributed by atoms with Gasteiger partial charge in [-0.25, -0.2) is 0 Å². The predicted molar refractivity (Wildman–Crippen MR) is 123 cm³/mol. The third-order valence-corrected chi connectivity index (χ3v) is 6.37. The number of ether oxygens (including phenoxy) is 1. The number of alkyl halides is 3. The summed E-state index contributed by atoms with van der Waals surface area (Å²) in [6, 6.07) is 9.51. The molecule has 0 atom stereocenters. The summed E-state index contributed by atoms with van der Waals surface area (Å²) < 4.78 is 44.3. The van der Waals surface area contributed by atoms with Gasteiger partial charge in [0.1, 0.15) is 0 Å². The molecule has 2 aromatic rings. The van der Waals surface area contributed by atoms with Crippen LogP contribution in [0.5, 0.6) is 0 Å². The van der Waals surface area contributed by atoms with Crippen molar-refractivity contribution in [1.29, 1.82) is 0 Å². The van der Waals surface area contributed by atoms with Crippen molar-refractivity contribution in [3.63, 3.8) is 0 Å². The average molecular weight is 492 g/mol. The van der Waals surface area contributed by atoms with E-state index in [0.29, 0.717) is 70.0 Å². The first kappa shape index (κ1) is 24.9. The van der Waals surface area contributed by atoms with Crippen LogP contribution in [0, 0.1) is 10.1 Å². The normalized spacial score (nSPS) is 17.9. The van der Waals surface area contributed by atoms with Crippen LogP contribution in [0.2, 0.25) is 0 Å². The maximum atomic E-state index is 13.1. The molecule has 2 aliphatic heterocycles. The minimum atomic E-state index is -4.38. The van der Waals surface area contributed by atoms with Crippen LogP contribution >= 0.6 is 0 Å². The number of amides is 1. The van der Waals surface area contributed by atoms with Crippen molar-refractivity contribution in [2.75, 3.05) is 44.3 Å². The number of nitrogens with one attached hydrogen (secondary N) is 1. The number of nitro groups is 1. The Bertz CT molecular complexity index is 1060. The minimum absolute atomic E-state index is 0.128. The van der Waals surface area contributed by atoms with Gasteiger partial charge in [0, 0.05) is 50.9 Å². The Kier molecular flexibility index (Phi) is 7.56. The summed E-state index contributed by atoms with van der Waals surface area (Å²) in [6.45, 7) is 3.85.